The van der Waals surface area contributed by atoms with Gasteiger partial charge in [0.15, 0.2) is 0 Å². The number of nitrogens with zero attached hydrogens (tertiary/aromatic N) is 3. The molecule has 4 aromatic rings. The van der Waals surface area contributed by atoms with Crippen LogP contribution in [0, 0.1) is 12.7 Å². The molecule has 6 heteroatoms. The zero-order valence-corrected chi connectivity index (χ0v) is 15.2. The number of halogens is 1. The number of benzene rings is 2. The predicted octanol–water partition coefficient (Wildman–Crippen LogP) is 4.77. The average molecular weight is 361 g/mol. The zero-order chi connectivity index (χ0) is 18.8. The third-order valence-electron chi connectivity index (χ3n) is 4.42. The molecule has 0 fully saturated rings. The molecule has 0 radical (unpaired) electrons. The van der Waals surface area contributed by atoms with Gasteiger partial charge in [0.1, 0.15) is 17.2 Å². The Morgan fingerprint density at radius 3 is 2.67 bits per heavy atom. The lowest BCUT2D eigenvalue weighted by Crippen LogP contribution is -2.05. The van der Waals surface area contributed by atoms with Crippen LogP contribution in [0.15, 0.2) is 60.8 Å². The van der Waals surface area contributed by atoms with Gasteiger partial charge in [0.05, 0.1) is 11.7 Å². The van der Waals surface area contributed by atoms with Crippen molar-refractivity contribution in [1.82, 2.24) is 14.5 Å². The summed E-state index contributed by atoms with van der Waals surface area (Å²) in [6.45, 7) is 2.78. The monoisotopic (exact) mass is 361 g/mol. The lowest BCUT2D eigenvalue weighted by molar-refractivity contribution is 0.628. The number of pyridine rings is 1. The molecule has 0 saturated heterocycles. The molecule has 2 aromatic carbocycles. The normalized spacial score (nSPS) is 10.9. The van der Waals surface area contributed by atoms with Crippen LogP contribution in [0.25, 0.3) is 11.0 Å². The molecule has 0 aliphatic carbocycles. The number of aromatic nitrogens is 3. The summed E-state index contributed by atoms with van der Waals surface area (Å²) in [5, 5.41) is 6.57. The van der Waals surface area contributed by atoms with Crippen LogP contribution in [-0.4, -0.2) is 14.5 Å². The molecule has 0 aliphatic heterocycles. The number of imidazole rings is 1. The van der Waals surface area contributed by atoms with Crippen molar-refractivity contribution < 1.29 is 4.39 Å². The maximum absolute atomic E-state index is 13.0. The van der Waals surface area contributed by atoms with E-state index in [0.717, 1.165) is 22.7 Å². The fraction of sp³-hybridized carbons (Fsp3) is 0.143. The van der Waals surface area contributed by atoms with Crippen molar-refractivity contribution in [3.8, 4) is 0 Å². The molecular weight excluding hydrogens is 341 g/mol. The first kappa shape index (κ1) is 17.0. The van der Waals surface area contributed by atoms with E-state index in [4.69, 9.17) is 0 Å². The summed E-state index contributed by atoms with van der Waals surface area (Å²) in [5.74, 6) is 1.20. The van der Waals surface area contributed by atoms with Crippen molar-refractivity contribution in [2.75, 3.05) is 10.6 Å². The second kappa shape index (κ2) is 7.07. The van der Waals surface area contributed by atoms with Gasteiger partial charge in [0.2, 0.25) is 5.95 Å². The summed E-state index contributed by atoms with van der Waals surface area (Å²) in [5.41, 5.74) is 5.00. The van der Waals surface area contributed by atoms with E-state index in [1.807, 2.05) is 17.7 Å². The van der Waals surface area contributed by atoms with Gasteiger partial charge in [0, 0.05) is 25.3 Å². The van der Waals surface area contributed by atoms with Crippen LogP contribution in [0.4, 0.5) is 21.8 Å². The Hall–Kier alpha value is -3.41. The van der Waals surface area contributed by atoms with E-state index in [2.05, 4.69) is 51.8 Å². The molecule has 2 aromatic heterocycles. The lowest BCUT2D eigenvalue weighted by atomic mass is 10.1. The van der Waals surface area contributed by atoms with Crippen molar-refractivity contribution in [1.29, 1.82) is 0 Å². The van der Waals surface area contributed by atoms with Gasteiger partial charge in [-0.2, -0.15) is 0 Å². The van der Waals surface area contributed by atoms with E-state index in [1.54, 1.807) is 18.3 Å². The smallest absolute Gasteiger partial charge is 0.203 e. The Kier molecular flexibility index (Phi) is 4.46. The summed E-state index contributed by atoms with van der Waals surface area (Å²) in [6, 6.07) is 16.5. The Morgan fingerprint density at radius 2 is 1.89 bits per heavy atom. The molecule has 2 N–H and O–H groups in total. The highest BCUT2D eigenvalue weighted by molar-refractivity contribution is 5.81. The van der Waals surface area contributed by atoms with Crippen molar-refractivity contribution in [3.63, 3.8) is 0 Å². The van der Waals surface area contributed by atoms with Gasteiger partial charge < -0.3 is 15.2 Å². The van der Waals surface area contributed by atoms with Crippen LogP contribution >= 0.6 is 0 Å². The van der Waals surface area contributed by atoms with Gasteiger partial charge in [0.25, 0.3) is 0 Å². The summed E-state index contributed by atoms with van der Waals surface area (Å²) < 4.78 is 15.0. The van der Waals surface area contributed by atoms with Crippen LogP contribution in [0.1, 0.15) is 11.1 Å². The lowest BCUT2D eigenvalue weighted by Gasteiger charge is -2.08. The first-order valence-corrected chi connectivity index (χ1v) is 8.73. The minimum absolute atomic E-state index is 0.264. The van der Waals surface area contributed by atoms with Gasteiger partial charge >= 0.3 is 0 Å². The van der Waals surface area contributed by atoms with Crippen molar-refractivity contribution in [2.45, 2.75) is 13.5 Å². The summed E-state index contributed by atoms with van der Waals surface area (Å²) in [6.07, 6.45) is 1.74. The van der Waals surface area contributed by atoms with Crippen LogP contribution in [0.3, 0.4) is 0 Å². The quantitative estimate of drug-likeness (QED) is 0.537. The molecule has 0 atom stereocenters. The Balaban J connectivity index is 1.55. The SMILES string of the molecule is Cc1cccc(CNc2nc3cnc(Nc4ccc(F)cc4)cc3n2C)c1. The largest absolute Gasteiger partial charge is 0.352 e. The molecule has 0 bridgehead atoms. The third-order valence-corrected chi connectivity index (χ3v) is 4.42. The Labute approximate surface area is 156 Å². The Morgan fingerprint density at radius 1 is 1.07 bits per heavy atom. The third kappa shape index (κ3) is 3.74. The van der Waals surface area contributed by atoms with E-state index in [0.29, 0.717) is 12.4 Å². The van der Waals surface area contributed by atoms with Gasteiger partial charge in [-0.1, -0.05) is 29.8 Å². The summed E-state index contributed by atoms with van der Waals surface area (Å²) in [7, 11) is 1.97. The highest BCUT2D eigenvalue weighted by Gasteiger charge is 2.09. The maximum atomic E-state index is 13.0. The molecule has 5 nitrogen and oxygen atoms in total. The fourth-order valence-corrected chi connectivity index (χ4v) is 3.01. The highest BCUT2D eigenvalue weighted by Crippen LogP contribution is 2.23. The predicted molar refractivity (Wildman–Crippen MR) is 107 cm³/mol. The van der Waals surface area contributed by atoms with Crippen molar-refractivity contribution in [3.05, 3.63) is 77.7 Å². The summed E-state index contributed by atoms with van der Waals surface area (Å²) >= 11 is 0. The van der Waals surface area contributed by atoms with Crippen molar-refractivity contribution in [2.24, 2.45) is 7.05 Å². The van der Waals surface area contributed by atoms with Gasteiger partial charge in [-0.15, -0.1) is 0 Å². The molecule has 27 heavy (non-hydrogen) atoms. The van der Waals surface area contributed by atoms with Crippen LogP contribution in [0.2, 0.25) is 0 Å². The minimum Gasteiger partial charge on any atom is -0.352 e. The molecule has 136 valence electrons. The molecule has 4 rings (SSSR count). The van der Waals surface area contributed by atoms with Gasteiger partial charge in [-0.05, 0) is 36.8 Å². The number of nitrogens with one attached hydrogen (secondary N) is 2. The van der Waals surface area contributed by atoms with Crippen molar-refractivity contribution >= 4 is 28.5 Å². The number of hydrogen-bond acceptors (Lipinski definition) is 4. The molecule has 0 amide bonds. The zero-order valence-electron chi connectivity index (χ0n) is 15.2. The van der Waals surface area contributed by atoms with Gasteiger partial charge in [-0.25, -0.2) is 14.4 Å². The van der Waals surface area contributed by atoms with Gasteiger partial charge in [-0.3, -0.25) is 0 Å². The minimum atomic E-state index is -0.264. The first-order chi connectivity index (χ1) is 13.1. The molecule has 0 aliphatic rings. The molecule has 0 saturated carbocycles. The number of aryl methyl sites for hydroxylation is 2. The van der Waals surface area contributed by atoms with E-state index in [-0.39, 0.29) is 5.82 Å². The highest BCUT2D eigenvalue weighted by atomic mass is 19.1. The first-order valence-electron chi connectivity index (χ1n) is 8.73. The number of fused-ring (bicyclic) bond motifs is 1. The van der Waals surface area contributed by atoms with E-state index >= 15 is 0 Å². The standard InChI is InChI=1S/C21H20FN5/c1-14-4-3-5-15(10-14)12-24-21-26-18-13-23-20(11-19(18)27(21)2)25-17-8-6-16(22)7-9-17/h3-11,13H,12H2,1-2H3,(H,23,25)(H,24,26). The summed E-state index contributed by atoms with van der Waals surface area (Å²) in [4.78, 5) is 9.02. The second-order valence-electron chi connectivity index (χ2n) is 6.53. The maximum Gasteiger partial charge on any atom is 0.203 e. The van der Waals surface area contributed by atoms with Crippen LogP contribution in [0.5, 0.6) is 0 Å². The van der Waals surface area contributed by atoms with E-state index < -0.39 is 0 Å². The van der Waals surface area contributed by atoms with Crippen LogP contribution in [-0.2, 0) is 13.6 Å². The fourth-order valence-electron chi connectivity index (χ4n) is 3.01. The average Bonchev–Trinajstić information content (AvgIpc) is 2.98. The molecule has 0 unspecified atom stereocenters. The number of anilines is 3. The topological polar surface area (TPSA) is 54.8 Å². The van der Waals surface area contributed by atoms with E-state index in [1.165, 1.54) is 23.3 Å². The molecular formula is C21H20FN5. The Bertz CT molecular complexity index is 1090. The van der Waals surface area contributed by atoms with Crippen LogP contribution < -0.4 is 10.6 Å². The molecule has 0 spiro atoms. The second-order valence-corrected chi connectivity index (χ2v) is 6.53. The number of hydrogen-bond donors (Lipinski definition) is 2. The van der Waals surface area contributed by atoms with E-state index in [9.17, 15) is 4.39 Å². The number of rotatable bonds is 5. The molecule has 2 heterocycles.